The van der Waals surface area contributed by atoms with Crippen molar-refractivity contribution in [3.05, 3.63) is 77.5 Å². The first-order valence-corrected chi connectivity index (χ1v) is 10.8. The number of allylic oxidation sites excluding steroid dienone is 3. The van der Waals surface area contributed by atoms with Gasteiger partial charge in [0.25, 0.3) is 0 Å². The fourth-order valence-corrected chi connectivity index (χ4v) is 4.52. The number of carbonyl (C=O) groups is 1. The number of hydrogen-bond donors (Lipinski definition) is 0. The summed E-state index contributed by atoms with van der Waals surface area (Å²) in [5.41, 5.74) is 3.48. The Labute approximate surface area is 182 Å². The monoisotopic (exact) mass is 419 g/mol. The van der Waals surface area contributed by atoms with Crippen LogP contribution in [0.3, 0.4) is 0 Å². The van der Waals surface area contributed by atoms with Gasteiger partial charge in [-0.25, -0.2) is 9.18 Å². The number of piperazine rings is 1. The van der Waals surface area contributed by atoms with Crippen LogP contribution < -0.4 is 14.5 Å². The lowest BCUT2D eigenvalue weighted by atomic mass is 9.97. The summed E-state index contributed by atoms with van der Waals surface area (Å²) in [5, 5.41) is 0. The Kier molecular flexibility index (Phi) is 4.93. The average molecular weight is 420 g/mol. The van der Waals surface area contributed by atoms with E-state index in [1.807, 2.05) is 53.1 Å². The van der Waals surface area contributed by atoms with Gasteiger partial charge < -0.3 is 14.5 Å². The maximum atomic E-state index is 13.8. The Hall–Kier alpha value is -3.28. The zero-order valence-electron chi connectivity index (χ0n) is 17.8. The molecule has 1 fully saturated rings. The highest BCUT2D eigenvalue weighted by molar-refractivity contribution is 5.98. The summed E-state index contributed by atoms with van der Waals surface area (Å²) in [6.45, 7) is 6.55. The summed E-state index contributed by atoms with van der Waals surface area (Å²) in [6.07, 6.45) is 4.85. The number of benzene rings is 2. The number of halogens is 1. The maximum absolute atomic E-state index is 13.8. The minimum Gasteiger partial charge on any atom is -0.453 e. The van der Waals surface area contributed by atoms with Gasteiger partial charge in [0, 0.05) is 31.9 Å². The molecule has 2 aliphatic heterocycles. The Bertz CT molecular complexity index is 1070. The van der Waals surface area contributed by atoms with Crippen LogP contribution in [0, 0.1) is 18.7 Å². The highest BCUT2D eigenvalue weighted by atomic mass is 19.1. The molecule has 1 aliphatic carbocycles. The normalized spacial score (nSPS) is 20.4. The molecule has 1 saturated heterocycles. The van der Waals surface area contributed by atoms with Crippen LogP contribution in [0.25, 0.3) is 0 Å². The van der Waals surface area contributed by atoms with Crippen LogP contribution in [0.1, 0.15) is 18.9 Å². The minimum absolute atomic E-state index is 0.0270. The predicted molar refractivity (Wildman–Crippen MR) is 120 cm³/mol. The number of ether oxygens (including phenoxy) is 1. The van der Waals surface area contributed by atoms with E-state index in [0.29, 0.717) is 37.8 Å². The highest BCUT2D eigenvalue weighted by Crippen LogP contribution is 2.42. The van der Waals surface area contributed by atoms with Crippen molar-refractivity contribution < 1.29 is 13.9 Å². The smallest absolute Gasteiger partial charge is 0.329 e. The molecule has 3 aliphatic rings. The Balaban J connectivity index is 1.38. The van der Waals surface area contributed by atoms with E-state index < -0.39 is 0 Å². The number of hydrogen-bond acceptors (Lipinski definition) is 3. The van der Waals surface area contributed by atoms with Gasteiger partial charge in [-0.15, -0.1) is 0 Å². The van der Waals surface area contributed by atoms with Crippen LogP contribution in [0.4, 0.5) is 20.6 Å². The van der Waals surface area contributed by atoms with Crippen LogP contribution in [-0.2, 0) is 0 Å². The van der Waals surface area contributed by atoms with Gasteiger partial charge in [-0.05, 0) is 61.2 Å². The lowest BCUT2D eigenvalue weighted by Crippen LogP contribution is -2.53. The summed E-state index contributed by atoms with van der Waals surface area (Å²) in [6, 6.07) is 12.7. The van der Waals surface area contributed by atoms with Gasteiger partial charge in [-0.1, -0.05) is 25.1 Å². The Morgan fingerprint density at radius 3 is 2.65 bits per heavy atom. The second-order valence-corrected chi connectivity index (χ2v) is 8.50. The molecular weight excluding hydrogens is 393 g/mol. The molecule has 0 radical (unpaired) electrons. The molecule has 2 heterocycles. The largest absolute Gasteiger partial charge is 0.453 e. The molecule has 1 unspecified atom stereocenters. The third-order valence-corrected chi connectivity index (χ3v) is 6.11. The number of rotatable bonds is 1. The SMILES string of the molecule is Cc1cc(F)cc(N2CCN(C(=O)N3C4=C(C=CC(C)C4)Oc4ccccc43)CC2)c1. The molecule has 31 heavy (non-hydrogen) atoms. The van der Waals surface area contributed by atoms with Crippen molar-refractivity contribution in [2.45, 2.75) is 20.3 Å². The first kappa shape index (κ1) is 19.7. The number of para-hydroxylation sites is 2. The van der Waals surface area contributed by atoms with Gasteiger partial charge in [-0.2, -0.15) is 0 Å². The van der Waals surface area contributed by atoms with E-state index in [0.717, 1.165) is 34.8 Å². The molecule has 6 heteroatoms. The average Bonchev–Trinajstić information content (AvgIpc) is 2.76. The van der Waals surface area contributed by atoms with E-state index in [1.54, 1.807) is 6.07 Å². The van der Waals surface area contributed by atoms with Crippen LogP contribution in [-0.4, -0.2) is 37.1 Å². The fourth-order valence-electron chi connectivity index (χ4n) is 4.52. The number of urea groups is 1. The molecule has 2 amide bonds. The fraction of sp³-hybridized carbons (Fsp3) is 0.320. The molecule has 0 aromatic heterocycles. The van der Waals surface area contributed by atoms with Gasteiger partial charge in [0.15, 0.2) is 5.75 Å². The van der Waals surface area contributed by atoms with Crippen LogP contribution in [0.5, 0.6) is 5.75 Å². The van der Waals surface area contributed by atoms with Crippen LogP contribution >= 0.6 is 0 Å². The maximum Gasteiger partial charge on any atom is 0.329 e. The van der Waals surface area contributed by atoms with Crippen LogP contribution in [0.2, 0.25) is 0 Å². The van der Waals surface area contributed by atoms with E-state index in [1.165, 1.54) is 6.07 Å². The van der Waals surface area contributed by atoms with Crippen molar-refractivity contribution in [3.8, 4) is 5.75 Å². The molecule has 0 saturated carbocycles. The summed E-state index contributed by atoms with van der Waals surface area (Å²) >= 11 is 0. The van der Waals surface area contributed by atoms with E-state index in [-0.39, 0.29) is 11.8 Å². The lowest BCUT2D eigenvalue weighted by Gasteiger charge is -2.41. The molecule has 5 nitrogen and oxygen atoms in total. The molecule has 5 rings (SSSR count). The molecule has 0 bridgehead atoms. The zero-order valence-corrected chi connectivity index (χ0v) is 17.8. The number of anilines is 2. The molecule has 2 aromatic carbocycles. The second kappa shape index (κ2) is 7.76. The van der Waals surface area contributed by atoms with E-state index in [4.69, 9.17) is 4.74 Å². The minimum atomic E-state index is -0.225. The van der Waals surface area contributed by atoms with E-state index in [2.05, 4.69) is 17.9 Å². The summed E-state index contributed by atoms with van der Waals surface area (Å²) in [4.78, 5) is 19.5. The van der Waals surface area contributed by atoms with Crippen molar-refractivity contribution in [2.75, 3.05) is 36.0 Å². The standard InChI is InChI=1S/C25H26FN3O2/c1-17-7-8-24-22(15-17)29(21-5-3-4-6-23(21)31-24)25(30)28-11-9-27(10-12-28)20-14-18(2)13-19(26)16-20/h3-8,13-14,16-17H,9-12,15H2,1-2H3. The topological polar surface area (TPSA) is 36.0 Å². The number of aryl methyl sites for hydroxylation is 1. The van der Waals surface area contributed by atoms with E-state index >= 15 is 0 Å². The highest BCUT2D eigenvalue weighted by Gasteiger charge is 2.36. The van der Waals surface area contributed by atoms with Crippen molar-refractivity contribution in [1.82, 2.24) is 4.90 Å². The molecule has 160 valence electrons. The number of carbonyl (C=O) groups excluding carboxylic acids is 1. The van der Waals surface area contributed by atoms with Crippen molar-refractivity contribution in [2.24, 2.45) is 5.92 Å². The second-order valence-electron chi connectivity index (χ2n) is 8.50. The Morgan fingerprint density at radius 1 is 1.10 bits per heavy atom. The summed E-state index contributed by atoms with van der Waals surface area (Å²) in [7, 11) is 0. The molecule has 0 spiro atoms. The summed E-state index contributed by atoms with van der Waals surface area (Å²) < 4.78 is 19.9. The van der Waals surface area contributed by atoms with E-state index in [9.17, 15) is 9.18 Å². The van der Waals surface area contributed by atoms with Gasteiger partial charge in [0.05, 0.1) is 11.4 Å². The first-order valence-electron chi connectivity index (χ1n) is 10.8. The molecule has 1 atom stereocenters. The van der Waals surface area contributed by atoms with Crippen molar-refractivity contribution in [3.63, 3.8) is 0 Å². The number of amides is 2. The quantitative estimate of drug-likeness (QED) is 0.647. The predicted octanol–water partition coefficient (Wildman–Crippen LogP) is 5.08. The van der Waals surface area contributed by atoms with Crippen molar-refractivity contribution in [1.29, 1.82) is 0 Å². The van der Waals surface area contributed by atoms with Crippen LogP contribution in [0.15, 0.2) is 66.1 Å². The van der Waals surface area contributed by atoms with Gasteiger partial charge in [0.1, 0.15) is 11.6 Å². The molecular formula is C25H26FN3O2. The summed E-state index contributed by atoms with van der Waals surface area (Å²) in [5.74, 6) is 1.56. The third kappa shape index (κ3) is 3.67. The third-order valence-electron chi connectivity index (χ3n) is 6.11. The lowest BCUT2D eigenvalue weighted by molar-refractivity contribution is 0.201. The first-order chi connectivity index (χ1) is 15.0. The van der Waals surface area contributed by atoms with Gasteiger partial charge in [0.2, 0.25) is 0 Å². The van der Waals surface area contributed by atoms with Gasteiger partial charge in [-0.3, -0.25) is 4.90 Å². The number of fused-ring (bicyclic) bond motifs is 1. The van der Waals surface area contributed by atoms with Crippen molar-refractivity contribution >= 4 is 17.4 Å². The van der Waals surface area contributed by atoms with Gasteiger partial charge >= 0.3 is 6.03 Å². The molecule has 2 aromatic rings. The number of nitrogens with zero attached hydrogens (tertiary/aromatic N) is 3. The zero-order chi connectivity index (χ0) is 21.5. The Morgan fingerprint density at radius 2 is 1.87 bits per heavy atom. The molecule has 0 N–H and O–H groups in total.